The molecule has 2 amide bonds. The molecule has 2 atom stereocenters. The van der Waals surface area contributed by atoms with Crippen LogP contribution in [0.1, 0.15) is 44.7 Å². The molecule has 0 aliphatic heterocycles. The Balaban J connectivity index is 2.35. The maximum atomic E-state index is 13.3. The zero-order chi connectivity index (χ0) is 21.4. The molecular formula is C23H28Cl2N2O2. The largest absolute Gasteiger partial charge is 0.352 e. The average molecular weight is 435 g/mol. The summed E-state index contributed by atoms with van der Waals surface area (Å²) in [5.74, 6) is -0.301. The van der Waals surface area contributed by atoms with Gasteiger partial charge in [-0.25, -0.2) is 0 Å². The van der Waals surface area contributed by atoms with Crippen LogP contribution in [0.4, 0.5) is 0 Å². The SMILES string of the molecule is CCC(C)NC(=O)C(CC)N(Cc1c(Cl)cccc1Cl)C(=O)Cc1ccccc1. The minimum Gasteiger partial charge on any atom is -0.352 e. The van der Waals surface area contributed by atoms with E-state index < -0.39 is 6.04 Å². The molecule has 1 N–H and O–H groups in total. The molecule has 2 rings (SSSR count). The highest BCUT2D eigenvalue weighted by Crippen LogP contribution is 2.27. The van der Waals surface area contributed by atoms with Gasteiger partial charge in [0, 0.05) is 28.2 Å². The third-order valence-electron chi connectivity index (χ3n) is 4.98. The average Bonchev–Trinajstić information content (AvgIpc) is 2.70. The van der Waals surface area contributed by atoms with Gasteiger partial charge in [-0.2, -0.15) is 0 Å². The Morgan fingerprint density at radius 3 is 2.14 bits per heavy atom. The first kappa shape index (κ1) is 23.2. The molecule has 0 saturated heterocycles. The van der Waals surface area contributed by atoms with Gasteiger partial charge < -0.3 is 10.2 Å². The summed E-state index contributed by atoms with van der Waals surface area (Å²) in [6.07, 6.45) is 1.51. The van der Waals surface area contributed by atoms with Crippen LogP contribution in [0.25, 0.3) is 0 Å². The van der Waals surface area contributed by atoms with Crippen LogP contribution >= 0.6 is 23.2 Å². The van der Waals surface area contributed by atoms with E-state index in [0.717, 1.165) is 12.0 Å². The Bertz CT molecular complexity index is 807. The first-order chi connectivity index (χ1) is 13.9. The highest BCUT2D eigenvalue weighted by Gasteiger charge is 2.30. The van der Waals surface area contributed by atoms with Crippen molar-refractivity contribution < 1.29 is 9.59 Å². The lowest BCUT2D eigenvalue weighted by molar-refractivity contribution is -0.141. The predicted molar refractivity (Wildman–Crippen MR) is 119 cm³/mol. The maximum Gasteiger partial charge on any atom is 0.243 e. The fraction of sp³-hybridized carbons (Fsp3) is 0.391. The Morgan fingerprint density at radius 1 is 0.966 bits per heavy atom. The van der Waals surface area contributed by atoms with E-state index in [1.54, 1.807) is 23.1 Å². The van der Waals surface area contributed by atoms with Crippen molar-refractivity contribution in [3.8, 4) is 0 Å². The number of carbonyl (C=O) groups excluding carboxylic acids is 2. The summed E-state index contributed by atoms with van der Waals surface area (Å²) >= 11 is 12.7. The van der Waals surface area contributed by atoms with Crippen molar-refractivity contribution in [1.29, 1.82) is 0 Å². The molecule has 6 heteroatoms. The van der Waals surface area contributed by atoms with E-state index in [1.165, 1.54) is 0 Å². The molecule has 2 unspecified atom stereocenters. The minimum atomic E-state index is -0.604. The van der Waals surface area contributed by atoms with Crippen molar-refractivity contribution in [2.45, 2.75) is 58.7 Å². The summed E-state index contributed by atoms with van der Waals surface area (Å²) in [5, 5.41) is 3.95. The van der Waals surface area contributed by atoms with Crippen LogP contribution in [0.5, 0.6) is 0 Å². The van der Waals surface area contributed by atoms with Gasteiger partial charge in [-0.3, -0.25) is 9.59 Å². The number of hydrogen-bond donors (Lipinski definition) is 1. The highest BCUT2D eigenvalue weighted by atomic mass is 35.5. The van der Waals surface area contributed by atoms with E-state index >= 15 is 0 Å². The van der Waals surface area contributed by atoms with Crippen molar-refractivity contribution in [2.75, 3.05) is 0 Å². The summed E-state index contributed by atoms with van der Waals surface area (Å²) in [7, 11) is 0. The maximum absolute atomic E-state index is 13.3. The molecule has 0 aliphatic rings. The molecule has 0 bridgehead atoms. The van der Waals surface area contributed by atoms with Crippen LogP contribution in [0.3, 0.4) is 0 Å². The predicted octanol–water partition coefficient (Wildman–Crippen LogP) is 5.26. The van der Waals surface area contributed by atoms with Gasteiger partial charge in [-0.15, -0.1) is 0 Å². The highest BCUT2D eigenvalue weighted by molar-refractivity contribution is 6.36. The van der Waals surface area contributed by atoms with Crippen LogP contribution in [0.15, 0.2) is 48.5 Å². The van der Waals surface area contributed by atoms with E-state index in [-0.39, 0.29) is 30.8 Å². The summed E-state index contributed by atoms with van der Waals surface area (Å²) in [4.78, 5) is 27.8. The fourth-order valence-corrected chi connectivity index (χ4v) is 3.60. The molecule has 4 nitrogen and oxygen atoms in total. The third kappa shape index (κ3) is 6.48. The zero-order valence-corrected chi connectivity index (χ0v) is 18.6. The van der Waals surface area contributed by atoms with E-state index in [4.69, 9.17) is 23.2 Å². The number of hydrogen-bond acceptors (Lipinski definition) is 2. The van der Waals surface area contributed by atoms with E-state index in [1.807, 2.05) is 51.1 Å². The van der Waals surface area contributed by atoms with E-state index in [9.17, 15) is 9.59 Å². The molecule has 0 radical (unpaired) electrons. The molecule has 2 aromatic carbocycles. The van der Waals surface area contributed by atoms with Crippen molar-refractivity contribution in [3.05, 3.63) is 69.7 Å². The normalized spacial score (nSPS) is 12.9. The lowest BCUT2D eigenvalue weighted by Crippen LogP contribution is -2.51. The number of amides is 2. The molecular weight excluding hydrogens is 407 g/mol. The third-order valence-corrected chi connectivity index (χ3v) is 5.68. The van der Waals surface area contributed by atoms with E-state index in [2.05, 4.69) is 5.32 Å². The van der Waals surface area contributed by atoms with Crippen molar-refractivity contribution in [1.82, 2.24) is 10.2 Å². The second-order valence-electron chi connectivity index (χ2n) is 7.13. The van der Waals surface area contributed by atoms with Crippen LogP contribution in [-0.2, 0) is 22.6 Å². The summed E-state index contributed by atoms with van der Waals surface area (Å²) in [6.45, 7) is 6.04. The first-order valence-electron chi connectivity index (χ1n) is 9.94. The van der Waals surface area contributed by atoms with Crippen LogP contribution in [0.2, 0.25) is 10.0 Å². The number of benzene rings is 2. The number of rotatable bonds is 9. The Morgan fingerprint density at radius 2 is 1.59 bits per heavy atom. The van der Waals surface area contributed by atoms with Gasteiger partial charge in [0.1, 0.15) is 6.04 Å². The first-order valence-corrected chi connectivity index (χ1v) is 10.7. The molecule has 0 heterocycles. The molecule has 156 valence electrons. The quantitative estimate of drug-likeness (QED) is 0.584. The Labute approximate surface area is 183 Å². The minimum absolute atomic E-state index is 0.0338. The van der Waals surface area contributed by atoms with Gasteiger partial charge in [0.05, 0.1) is 6.42 Å². The van der Waals surface area contributed by atoms with Crippen molar-refractivity contribution in [2.24, 2.45) is 0 Å². The topological polar surface area (TPSA) is 49.4 Å². The Hall–Kier alpha value is -2.04. The molecule has 0 fully saturated rings. The van der Waals surface area contributed by atoms with Crippen LogP contribution in [0, 0.1) is 0 Å². The smallest absolute Gasteiger partial charge is 0.243 e. The molecule has 0 aromatic heterocycles. The van der Waals surface area contributed by atoms with Gasteiger partial charge in [0.25, 0.3) is 0 Å². The van der Waals surface area contributed by atoms with Crippen molar-refractivity contribution in [3.63, 3.8) is 0 Å². The molecule has 0 spiro atoms. The summed E-state index contributed by atoms with van der Waals surface area (Å²) < 4.78 is 0. The van der Waals surface area contributed by atoms with Crippen LogP contribution < -0.4 is 5.32 Å². The lowest BCUT2D eigenvalue weighted by atomic mass is 10.1. The monoisotopic (exact) mass is 434 g/mol. The van der Waals surface area contributed by atoms with Gasteiger partial charge in [-0.05, 0) is 37.5 Å². The van der Waals surface area contributed by atoms with Crippen molar-refractivity contribution >= 4 is 35.0 Å². The number of nitrogens with one attached hydrogen (secondary N) is 1. The van der Waals surface area contributed by atoms with Gasteiger partial charge in [0.15, 0.2) is 0 Å². The number of halogens is 2. The van der Waals surface area contributed by atoms with Gasteiger partial charge in [0.2, 0.25) is 11.8 Å². The Kier molecular flexibility index (Phi) is 8.99. The number of carbonyl (C=O) groups is 2. The second-order valence-corrected chi connectivity index (χ2v) is 7.94. The van der Waals surface area contributed by atoms with Gasteiger partial charge >= 0.3 is 0 Å². The van der Waals surface area contributed by atoms with E-state index in [0.29, 0.717) is 22.0 Å². The van der Waals surface area contributed by atoms with Gasteiger partial charge in [-0.1, -0.05) is 73.4 Å². The standard InChI is InChI=1S/C23H28Cl2N2O2/c1-4-16(3)26-23(29)21(5-2)27(15-18-19(24)12-9-13-20(18)25)22(28)14-17-10-7-6-8-11-17/h6-13,16,21H,4-5,14-15H2,1-3H3,(H,26,29). The molecule has 2 aromatic rings. The fourth-order valence-electron chi connectivity index (χ4n) is 3.09. The molecule has 0 aliphatic carbocycles. The molecule has 29 heavy (non-hydrogen) atoms. The summed E-state index contributed by atoms with van der Waals surface area (Å²) in [6, 6.07) is 14.2. The summed E-state index contributed by atoms with van der Waals surface area (Å²) in [5.41, 5.74) is 1.54. The molecule has 0 saturated carbocycles. The second kappa shape index (κ2) is 11.2. The van der Waals surface area contributed by atoms with Crippen LogP contribution in [-0.4, -0.2) is 28.8 Å². The number of nitrogens with zero attached hydrogens (tertiary/aromatic N) is 1. The lowest BCUT2D eigenvalue weighted by Gasteiger charge is -2.32. The zero-order valence-electron chi connectivity index (χ0n) is 17.1.